The van der Waals surface area contributed by atoms with Crippen LogP contribution in [-0.2, 0) is 14.3 Å². The summed E-state index contributed by atoms with van der Waals surface area (Å²) in [5, 5.41) is 15.0. The molecule has 0 spiro atoms. The number of rotatable bonds is 10. The lowest BCUT2D eigenvalue weighted by atomic mass is 9.89. The van der Waals surface area contributed by atoms with E-state index in [-0.39, 0.29) is 25.3 Å². The summed E-state index contributed by atoms with van der Waals surface area (Å²) >= 11 is 1.32. The Bertz CT molecular complexity index is 1450. The van der Waals surface area contributed by atoms with E-state index in [1.165, 1.54) is 17.4 Å². The fourth-order valence-corrected chi connectivity index (χ4v) is 6.61. The molecule has 1 aromatic heterocycles. The van der Waals surface area contributed by atoms with Gasteiger partial charge in [-0.25, -0.2) is 22.9 Å². The van der Waals surface area contributed by atoms with Gasteiger partial charge in [-0.2, -0.15) is 0 Å². The van der Waals surface area contributed by atoms with Crippen molar-refractivity contribution in [3.63, 3.8) is 0 Å². The number of aliphatic carboxylic acids is 1. The largest absolute Gasteiger partial charge is 0.481 e. The smallest absolute Gasteiger partial charge is 0.338 e. The van der Waals surface area contributed by atoms with Crippen LogP contribution in [0.4, 0.5) is 13.2 Å². The molecule has 2 aromatic rings. The van der Waals surface area contributed by atoms with E-state index in [0.717, 1.165) is 0 Å². The van der Waals surface area contributed by atoms with Crippen LogP contribution < -0.4 is 5.32 Å². The fourth-order valence-electron chi connectivity index (χ4n) is 6.02. The summed E-state index contributed by atoms with van der Waals surface area (Å²) in [5.74, 6) is -5.60. The standard InChI is InChI=1S/C30H36F3N5O4S/c1-5-42-27(39)23-21(35-25(26-34-10-12-43-26)36-24(23)18-7-6-8-20(31)17(18)2)14-38-16-30(32,33)19-13-37(15-22(19)38)11-9-29(3,4)28(40)41/h6-8,10,12,19,22,24H,5,9,11,13-16H2,1-4H3,(H,35,36)(H,40,41)/t19?,22?,24-/m0/s1. The van der Waals surface area contributed by atoms with Crippen LogP contribution in [0.5, 0.6) is 0 Å². The summed E-state index contributed by atoms with van der Waals surface area (Å²) in [4.78, 5) is 37.8. The number of hydrogen-bond donors (Lipinski definition) is 2. The number of carbonyl (C=O) groups is 2. The van der Waals surface area contributed by atoms with Crippen molar-refractivity contribution in [1.29, 1.82) is 0 Å². The number of esters is 1. The average molecular weight is 620 g/mol. The van der Waals surface area contributed by atoms with E-state index in [2.05, 4.69) is 10.3 Å². The summed E-state index contributed by atoms with van der Waals surface area (Å²) in [5.41, 5.74) is 0.311. The molecule has 3 aliphatic rings. The van der Waals surface area contributed by atoms with E-state index in [1.54, 1.807) is 56.3 Å². The number of aliphatic imine (C=N–C) groups is 1. The first-order valence-corrected chi connectivity index (χ1v) is 15.2. The number of benzene rings is 1. The lowest BCUT2D eigenvalue weighted by Crippen LogP contribution is -2.43. The molecule has 4 heterocycles. The number of ether oxygens (including phenoxy) is 1. The Morgan fingerprint density at radius 3 is 2.72 bits per heavy atom. The predicted molar refractivity (Wildman–Crippen MR) is 156 cm³/mol. The van der Waals surface area contributed by atoms with Crippen LogP contribution in [0.2, 0.25) is 0 Å². The summed E-state index contributed by atoms with van der Waals surface area (Å²) in [6.07, 6.45) is 1.94. The highest BCUT2D eigenvalue weighted by Crippen LogP contribution is 2.44. The molecule has 0 saturated carbocycles. The molecule has 2 saturated heterocycles. The number of amidine groups is 1. The molecular weight excluding hydrogens is 583 g/mol. The van der Waals surface area contributed by atoms with Crippen LogP contribution in [0.3, 0.4) is 0 Å². The third-order valence-corrected chi connectivity index (χ3v) is 9.42. The summed E-state index contributed by atoms with van der Waals surface area (Å²) in [6.45, 7) is 6.99. The van der Waals surface area contributed by atoms with Crippen molar-refractivity contribution >= 4 is 29.1 Å². The van der Waals surface area contributed by atoms with Gasteiger partial charge in [0.15, 0.2) is 10.8 Å². The van der Waals surface area contributed by atoms with Crippen LogP contribution in [0.15, 0.2) is 46.0 Å². The first kappa shape index (κ1) is 31.1. The van der Waals surface area contributed by atoms with Crippen LogP contribution in [0, 0.1) is 24.1 Å². The third kappa shape index (κ3) is 6.20. The van der Waals surface area contributed by atoms with E-state index >= 15 is 8.78 Å². The van der Waals surface area contributed by atoms with Crippen molar-refractivity contribution in [1.82, 2.24) is 20.1 Å². The number of carbonyl (C=O) groups excluding carboxylic acids is 1. The molecule has 2 fully saturated rings. The minimum absolute atomic E-state index is 0.0192. The van der Waals surface area contributed by atoms with Crippen molar-refractivity contribution < 1.29 is 32.6 Å². The van der Waals surface area contributed by atoms with Gasteiger partial charge in [0.05, 0.1) is 30.1 Å². The van der Waals surface area contributed by atoms with Gasteiger partial charge in [0.1, 0.15) is 11.9 Å². The quantitative estimate of drug-likeness (QED) is 0.381. The number of thiazole rings is 1. The lowest BCUT2D eigenvalue weighted by molar-refractivity contribution is -0.147. The second kappa shape index (κ2) is 12.0. The number of carboxylic acids is 1. The molecule has 3 atom stereocenters. The minimum atomic E-state index is -2.98. The fraction of sp³-hybridized carbons (Fsp3) is 0.533. The Morgan fingerprint density at radius 1 is 1.28 bits per heavy atom. The van der Waals surface area contributed by atoms with Gasteiger partial charge in [-0.15, -0.1) is 11.3 Å². The van der Waals surface area contributed by atoms with Gasteiger partial charge in [-0.1, -0.05) is 12.1 Å². The van der Waals surface area contributed by atoms with Crippen molar-refractivity contribution in [3.8, 4) is 0 Å². The van der Waals surface area contributed by atoms with E-state index in [1.807, 2.05) is 4.90 Å². The monoisotopic (exact) mass is 619 g/mol. The van der Waals surface area contributed by atoms with Gasteiger partial charge in [0, 0.05) is 43.0 Å². The molecule has 0 bridgehead atoms. The van der Waals surface area contributed by atoms with Crippen molar-refractivity contribution in [2.24, 2.45) is 16.3 Å². The zero-order valence-electron chi connectivity index (χ0n) is 24.6. The Labute approximate surface area is 252 Å². The Balaban J connectivity index is 1.50. The second-order valence-electron chi connectivity index (χ2n) is 11.9. The Morgan fingerprint density at radius 2 is 2.05 bits per heavy atom. The van der Waals surface area contributed by atoms with Crippen molar-refractivity contribution in [2.75, 3.05) is 39.3 Å². The minimum Gasteiger partial charge on any atom is -0.481 e. The van der Waals surface area contributed by atoms with E-state index in [4.69, 9.17) is 9.73 Å². The first-order valence-electron chi connectivity index (χ1n) is 14.3. The van der Waals surface area contributed by atoms with E-state index in [0.29, 0.717) is 47.2 Å². The number of halogens is 3. The van der Waals surface area contributed by atoms with Crippen LogP contribution >= 0.6 is 11.3 Å². The number of alkyl halides is 2. The van der Waals surface area contributed by atoms with Crippen molar-refractivity contribution in [3.05, 3.63) is 63.0 Å². The zero-order valence-corrected chi connectivity index (χ0v) is 25.4. The lowest BCUT2D eigenvalue weighted by Gasteiger charge is -2.32. The maximum absolute atomic E-state index is 15.4. The predicted octanol–water partition coefficient (Wildman–Crippen LogP) is 4.25. The molecule has 5 rings (SSSR count). The first-order chi connectivity index (χ1) is 20.3. The number of hydrogen-bond acceptors (Lipinski definition) is 9. The number of carboxylic acid groups (broad SMARTS) is 1. The number of nitrogens with one attached hydrogen (secondary N) is 1. The van der Waals surface area contributed by atoms with Gasteiger partial charge in [0.2, 0.25) is 0 Å². The number of nitrogens with zero attached hydrogens (tertiary/aromatic N) is 4. The van der Waals surface area contributed by atoms with Crippen LogP contribution in [0.25, 0.3) is 0 Å². The maximum atomic E-state index is 15.4. The molecule has 0 radical (unpaired) electrons. The maximum Gasteiger partial charge on any atom is 0.338 e. The molecule has 232 valence electrons. The Kier molecular flexibility index (Phi) is 8.70. The second-order valence-corrected chi connectivity index (χ2v) is 12.8. The highest BCUT2D eigenvalue weighted by molar-refractivity contribution is 7.11. The molecule has 9 nitrogen and oxygen atoms in total. The number of aromatic nitrogens is 1. The van der Waals surface area contributed by atoms with Gasteiger partial charge in [0.25, 0.3) is 5.92 Å². The summed E-state index contributed by atoms with van der Waals surface area (Å²) in [6, 6.07) is 3.11. The topological polar surface area (TPSA) is 107 Å². The SMILES string of the molecule is CCOC(=O)C1=C(CN2CC(F)(F)C3CN(CCC(C)(C)C(=O)O)CC32)NC(c2nccs2)=N[C@H]1c1cccc(F)c1C. The molecular formula is C30H36F3N5O4S. The van der Waals surface area contributed by atoms with E-state index < -0.39 is 53.6 Å². The summed E-state index contributed by atoms with van der Waals surface area (Å²) in [7, 11) is 0. The number of fused-ring (bicyclic) bond motifs is 1. The highest BCUT2D eigenvalue weighted by atomic mass is 32.1. The molecule has 0 aliphatic carbocycles. The van der Waals surface area contributed by atoms with Crippen LogP contribution in [-0.4, -0.2) is 89.0 Å². The molecule has 1 aromatic carbocycles. The third-order valence-electron chi connectivity index (χ3n) is 8.64. The highest BCUT2D eigenvalue weighted by Gasteiger charge is 2.58. The molecule has 43 heavy (non-hydrogen) atoms. The molecule has 13 heteroatoms. The molecule has 0 amide bonds. The summed E-state index contributed by atoms with van der Waals surface area (Å²) < 4.78 is 51.0. The number of likely N-dealkylation sites (tertiary alicyclic amines) is 2. The van der Waals surface area contributed by atoms with Crippen molar-refractivity contribution in [2.45, 2.75) is 52.1 Å². The molecule has 2 unspecified atom stereocenters. The Hall–Kier alpha value is -3.29. The van der Waals surface area contributed by atoms with Crippen LogP contribution in [0.1, 0.15) is 49.4 Å². The average Bonchev–Trinajstić information content (AvgIpc) is 3.68. The normalized spacial score (nSPS) is 24.1. The zero-order chi connectivity index (χ0) is 31.1. The molecule has 2 N–H and O–H groups in total. The molecule has 3 aliphatic heterocycles. The van der Waals surface area contributed by atoms with E-state index in [9.17, 15) is 19.1 Å². The van der Waals surface area contributed by atoms with Gasteiger partial charge in [-0.05, 0) is 57.9 Å². The van der Waals surface area contributed by atoms with Gasteiger partial charge < -0.3 is 20.1 Å². The van der Waals surface area contributed by atoms with Gasteiger partial charge >= 0.3 is 11.9 Å². The van der Waals surface area contributed by atoms with Gasteiger partial charge in [-0.3, -0.25) is 14.7 Å².